The van der Waals surface area contributed by atoms with Gasteiger partial charge in [0.25, 0.3) is 0 Å². The molecule has 0 aliphatic heterocycles. The summed E-state index contributed by atoms with van der Waals surface area (Å²) in [6.45, 7) is 0. The zero-order valence-electron chi connectivity index (χ0n) is 6.70. The highest BCUT2D eigenvalue weighted by atomic mass is 35.5. The SMILES string of the molecule is CCl.FC(F)(F)c1ccc(Cl)cc1. The van der Waals surface area contributed by atoms with Gasteiger partial charge in [0.05, 0.1) is 5.56 Å². The van der Waals surface area contributed by atoms with Crippen LogP contribution < -0.4 is 0 Å². The van der Waals surface area contributed by atoms with Crippen molar-refractivity contribution in [1.29, 1.82) is 0 Å². The lowest BCUT2D eigenvalue weighted by molar-refractivity contribution is -0.137. The summed E-state index contributed by atoms with van der Waals surface area (Å²) in [5.41, 5.74) is -0.679. The first-order valence-corrected chi connectivity index (χ1v) is 4.34. The normalized spacial score (nSPS) is 10.3. The lowest BCUT2D eigenvalue weighted by Crippen LogP contribution is -2.03. The van der Waals surface area contributed by atoms with Crippen molar-refractivity contribution in [3.05, 3.63) is 34.9 Å². The number of hydrogen-bond donors (Lipinski definition) is 0. The van der Waals surface area contributed by atoms with Gasteiger partial charge in [-0.15, -0.1) is 11.6 Å². The Morgan fingerprint density at radius 1 is 1.00 bits per heavy atom. The van der Waals surface area contributed by atoms with E-state index in [1.54, 1.807) is 0 Å². The fourth-order valence-electron chi connectivity index (χ4n) is 0.639. The molecule has 13 heavy (non-hydrogen) atoms. The molecule has 1 aromatic rings. The molecule has 0 bridgehead atoms. The zero-order valence-corrected chi connectivity index (χ0v) is 8.21. The van der Waals surface area contributed by atoms with Crippen molar-refractivity contribution >= 4 is 23.2 Å². The van der Waals surface area contributed by atoms with Crippen molar-refractivity contribution in [2.75, 3.05) is 6.38 Å². The lowest BCUT2D eigenvalue weighted by atomic mass is 10.2. The van der Waals surface area contributed by atoms with Crippen LogP contribution in [0.15, 0.2) is 24.3 Å². The van der Waals surface area contributed by atoms with Crippen molar-refractivity contribution in [3.8, 4) is 0 Å². The molecule has 0 spiro atoms. The third kappa shape index (κ3) is 4.39. The molecule has 1 aromatic carbocycles. The molecule has 0 unspecified atom stereocenters. The standard InChI is InChI=1S/C7H4ClF3.CH3Cl/c8-6-3-1-5(2-4-6)7(9,10)11;1-2/h1-4H;1H3. The Bertz CT molecular complexity index is 241. The molecule has 0 heterocycles. The van der Waals surface area contributed by atoms with E-state index in [-0.39, 0.29) is 0 Å². The molecule has 1 rings (SSSR count). The van der Waals surface area contributed by atoms with Crippen LogP contribution in [0.1, 0.15) is 5.56 Å². The van der Waals surface area contributed by atoms with E-state index >= 15 is 0 Å². The second-order valence-electron chi connectivity index (χ2n) is 2.00. The molecule has 0 nitrogen and oxygen atoms in total. The third-order valence-electron chi connectivity index (χ3n) is 1.17. The number of halogens is 5. The van der Waals surface area contributed by atoms with Crippen molar-refractivity contribution in [2.45, 2.75) is 6.18 Å². The van der Waals surface area contributed by atoms with E-state index in [1.165, 1.54) is 18.5 Å². The fraction of sp³-hybridized carbons (Fsp3) is 0.250. The molecule has 0 aromatic heterocycles. The molecule has 0 amide bonds. The monoisotopic (exact) mass is 230 g/mol. The molecule has 0 fully saturated rings. The minimum absolute atomic E-state index is 0.304. The Morgan fingerprint density at radius 2 is 1.38 bits per heavy atom. The van der Waals surface area contributed by atoms with Gasteiger partial charge in [0.15, 0.2) is 0 Å². The average Bonchev–Trinajstić information content (AvgIpc) is 2.07. The minimum atomic E-state index is -4.27. The molecule has 0 aliphatic rings. The second-order valence-corrected chi connectivity index (χ2v) is 2.44. The predicted octanol–water partition coefficient (Wildman–Crippen LogP) is 4.21. The van der Waals surface area contributed by atoms with Crippen molar-refractivity contribution in [1.82, 2.24) is 0 Å². The fourth-order valence-corrected chi connectivity index (χ4v) is 0.765. The topological polar surface area (TPSA) is 0 Å². The lowest BCUT2D eigenvalue weighted by Gasteiger charge is -2.04. The number of rotatable bonds is 0. The van der Waals surface area contributed by atoms with Crippen LogP contribution in [0.5, 0.6) is 0 Å². The molecule has 5 heteroatoms. The Kier molecular flexibility index (Phi) is 5.18. The van der Waals surface area contributed by atoms with Gasteiger partial charge in [-0.25, -0.2) is 0 Å². The Balaban J connectivity index is 0.000000671. The first-order chi connectivity index (χ1) is 6.00. The van der Waals surface area contributed by atoms with Crippen LogP contribution in [-0.4, -0.2) is 6.38 Å². The summed E-state index contributed by atoms with van der Waals surface area (Å²) in [4.78, 5) is 0. The van der Waals surface area contributed by atoms with E-state index in [9.17, 15) is 13.2 Å². The van der Waals surface area contributed by atoms with Gasteiger partial charge in [-0.3, -0.25) is 0 Å². The van der Waals surface area contributed by atoms with Crippen LogP contribution in [0.4, 0.5) is 13.2 Å². The molecular formula is C8H7Cl2F3. The molecular weight excluding hydrogens is 224 g/mol. The van der Waals surface area contributed by atoms with Crippen LogP contribution in [0, 0.1) is 0 Å². The third-order valence-corrected chi connectivity index (χ3v) is 1.42. The van der Waals surface area contributed by atoms with Crippen LogP contribution in [-0.2, 0) is 6.18 Å². The van der Waals surface area contributed by atoms with Gasteiger partial charge in [-0.05, 0) is 24.3 Å². The molecule has 0 N–H and O–H groups in total. The van der Waals surface area contributed by atoms with Gasteiger partial charge in [-0.1, -0.05) is 11.6 Å². The smallest absolute Gasteiger partial charge is 0.166 e. The molecule has 0 saturated carbocycles. The first-order valence-electron chi connectivity index (χ1n) is 3.21. The highest BCUT2D eigenvalue weighted by Gasteiger charge is 2.29. The largest absolute Gasteiger partial charge is 0.416 e. The Morgan fingerprint density at radius 3 is 1.69 bits per heavy atom. The van der Waals surface area contributed by atoms with Crippen LogP contribution in [0.3, 0.4) is 0 Å². The molecule has 0 radical (unpaired) electrons. The summed E-state index contributed by atoms with van der Waals surface area (Å²) in [5.74, 6) is 0. The Hall–Kier alpha value is -0.410. The zero-order chi connectivity index (χ0) is 10.5. The number of benzene rings is 1. The summed E-state index contributed by atoms with van der Waals surface area (Å²) in [5, 5.41) is 0.304. The van der Waals surface area contributed by atoms with Gasteiger partial charge < -0.3 is 0 Å². The van der Waals surface area contributed by atoms with Crippen LogP contribution in [0.25, 0.3) is 0 Å². The quantitative estimate of drug-likeness (QED) is 0.586. The van der Waals surface area contributed by atoms with Gasteiger partial charge >= 0.3 is 6.18 Å². The highest BCUT2D eigenvalue weighted by molar-refractivity contribution is 6.30. The molecule has 0 aliphatic carbocycles. The van der Waals surface area contributed by atoms with Crippen molar-refractivity contribution in [2.24, 2.45) is 0 Å². The number of alkyl halides is 4. The van der Waals surface area contributed by atoms with Crippen molar-refractivity contribution in [3.63, 3.8) is 0 Å². The molecule has 0 atom stereocenters. The predicted molar refractivity (Wildman–Crippen MR) is 48.2 cm³/mol. The van der Waals surface area contributed by atoms with E-state index in [4.69, 9.17) is 11.6 Å². The summed E-state index contributed by atoms with van der Waals surface area (Å²) in [7, 11) is 0. The summed E-state index contributed by atoms with van der Waals surface area (Å²) < 4.78 is 35.6. The van der Waals surface area contributed by atoms with Gasteiger partial charge in [0, 0.05) is 11.4 Å². The van der Waals surface area contributed by atoms with E-state index in [1.807, 2.05) is 0 Å². The van der Waals surface area contributed by atoms with Gasteiger partial charge in [0.2, 0.25) is 0 Å². The maximum Gasteiger partial charge on any atom is 0.416 e. The van der Waals surface area contributed by atoms with E-state index in [2.05, 4.69) is 11.6 Å². The summed E-state index contributed by atoms with van der Waals surface area (Å²) in [6, 6.07) is 4.32. The van der Waals surface area contributed by atoms with Crippen molar-refractivity contribution < 1.29 is 13.2 Å². The van der Waals surface area contributed by atoms with E-state index in [0.717, 1.165) is 12.1 Å². The maximum absolute atomic E-state index is 11.9. The van der Waals surface area contributed by atoms with Gasteiger partial charge in [-0.2, -0.15) is 13.2 Å². The molecule has 74 valence electrons. The van der Waals surface area contributed by atoms with E-state index < -0.39 is 11.7 Å². The van der Waals surface area contributed by atoms with E-state index in [0.29, 0.717) is 5.02 Å². The number of hydrogen-bond acceptors (Lipinski definition) is 0. The minimum Gasteiger partial charge on any atom is -0.166 e. The average molecular weight is 231 g/mol. The second kappa shape index (κ2) is 5.35. The molecule has 0 saturated heterocycles. The van der Waals surface area contributed by atoms with Crippen LogP contribution >= 0.6 is 23.2 Å². The van der Waals surface area contributed by atoms with Crippen LogP contribution in [0.2, 0.25) is 5.02 Å². The Labute approximate surface area is 84.3 Å². The highest BCUT2D eigenvalue weighted by Crippen LogP contribution is 2.29. The first kappa shape index (κ1) is 12.6. The maximum atomic E-state index is 11.9. The summed E-state index contributed by atoms with van der Waals surface area (Å²) >= 11 is 10.0. The van der Waals surface area contributed by atoms with Gasteiger partial charge in [0.1, 0.15) is 0 Å². The summed E-state index contributed by atoms with van der Waals surface area (Å²) in [6.07, 6.45) is -2.80.